The predicted octanol–water partition coefficient (Wildman–Crippen LogP) is 4.56. The number of allylic oxidation sites excluding steroid dienone is 1. The SMILES string of the molecule is C=CCn1c(=O)c2cnc(Nc3ccc(N4CCN(C)CC4)cc3)nc2n1-c1cccc(C(C)(C)C)c1. The molecule has 1 aliphatic rings. The van der Waals surface area contributed by atoms with Crippen molar-refractivity contribution in [3.05, 3.63) is 83.3 Å². The lowest BCUT2D eigenvalue weighted by molar-refractivity contribution is 0.313. The second-order valence-corrected chi connectivity index (χ2v) is 10.7. The van der Waals surface area contributed by atoms with Crippen molar-refractivity contribution in [2.45, 2.75) is 32.7 Å². The Hall–Kier alpha value is -3.91. The summed E-state index contributed by atoms with van der Waals surface area (Å²) in [4.78, 5) is 27.3. The first-order valence-electron chi connectivity index (χ1n) is 12.8. The number of anilines is 3. The number of hydrogen-bond acceptors (Lipinski definition) is 6. The van der Waals surface area contributed by atoms with Gasteiger partial charge in [-0.2, -0.15) is 4.98 Å². The van der Waals surface area contributed by atoms with Crippen molar-refractivity contribution < 1.29 is 0 Å². The Morgan fingerprint density at radius 3 is 2.43 bits per heavy atom. The van der Waals surface area contributed by atoms with E-state index in [0.29, 0.717) is 23.5 Å². The molecule has 192 valence electrons. The monoisotopic (exact) mass is 497 g/mol. The van der Waals surface area contributed by atoms with E-state index in [1.165, 1.54) is 11.3 Å². The van der Waals surface area contributed by atoms with Gasteiger partial charge < -0.3 is 15.1 Å². The van der Waals surface area contributed by atoms with E-state index in [9.17, 15) is 4.79 Å². The fourth-order valence-electron chi connectivity index (χ4n) is 4.69. The highest BCUT2D eigenvalue weighted by atomic mass is 16.1. The van der Waals surface area contributed by atoms with Gasteiger partial charge in [-0.25, -0.2) is 14.3 Å². The molecule has 2 aromatic carbocycles. The largest absolute Gasteiger partial charge is 0.369 e. The summed E-state index contributed by atoms with van der Waals surface area (Å²) < 4.78 is 3.53. The van der Waals surface area contributed by atoms with Crippen LogP contribution in [0.3, 0.4) is 0 Å². The minimum absolute atomic E-state index is 0.0273. The van der Waals surface area contributed by atoms with Crippen LogP contribution >= 0.6 is 0 Å². The van der Waals surface area contributed by atoms with E-state index in [-0.39, 0.29) is 11.0 Å². The van der Waals surface area contributed by atoms with Gasteiger partial charge in [0.05, 0.1) is 12.2 Å². The van der Waals surface area contributed by atoms with E-state index >= 15 is 0 Å². The molecule has 0 aliphatic carbocycles. The van der Waals surface area contributed by atoms with Gasteiger partial charge in [-0.3, -0.25) is 4.79 Å². The Morgan fingerprint density at radius 2 is 1.76 bits per heavy atom. The lowest BCUT2D eigenvalue weighted by Gasteiger charge is -2.34. The number of piperazine rings is 1. The van der Waals surface area contributed by atoms with E-state index in [1.54, 1.807) is 17.0 Å². The molecule has 0 amide bonds. The summed E-state index contributed by atoms with van der Waals surface area (Å²) in [5.41, 5.74) is 4.56. The quantitative estimate of drug-likeness (QED) is 0.394. The third-order valence-corrected chi connectivity index (χ3v) is 6.93. The van der Waals surface area contributed by atoms with Crippen molar-refractivity contribution in [2.75, 3.05) is 43.4 Å². The van der Waals surface area contributed by atoms with Gasteiger partial charge in [0, 0.05) is 43.8 Å². The molecule has 0 bridgehead atoms. The Kier molecular flexibility index (Phi) is 6.60. The molecule has 0 unspecified atom stereocenters. The summed E-state index contributed by atoms with van der Waals surface area (Å²) in [6, 6.07) is 16.6. The maximum Gasteiger partial charge on any atom is 0.278 e. The molecule has 37 heavy (non-hydrogen) atoms. The van der Waals surface area contributed by atoms with E-state index in [2.05, 4.69) is 78.8 Å². The zero-order valence-electron chi connectivity index (χ0n) is 22.1. The zero-order chi connectivity index (χ0) is 26.2. The first kappa shape index (κ1) is 24.8. The van der Waals surface area contributed by atoms with Gasteiger partial charge in [0.1, 0.15) is 5.39 Å². The van der Waals surface area contributed by atoms with E-state index in [1.807, 2.05) is 28.9 Å². The Balaban J connectivity index is 1.50. The number of likely N-dealkylation sites (N-methyl/N-ethyl adjacent to an activating group) is 1. The molecule has 8 nitrogen and oxygen atoms in total. The van der Waals surface area contributed by atoms with Crippen LogP contribution in [0.1, 0.15) is 26.3 Å². The van der Waals surface area contributed by atoms with Gasteiger partial charge in [-0.05, 0) is 54.4 Å². The zero-order valence-corrected chi connectivity index (χ0v) is 22.1. The molecule has 3 heterocycles. The molecule has 1 fully saturated rings. The second kappa shape index (κ2) is 9.86. The molecule has 0 saturated carbocycles. The van der Waals surface area contributed by atoms with E-state index in [0.717, 1.165) is 37.6 Å². The molecule has 0 spiro atoms. The molecular formula is C29H35N7O. The normalized spacial score (nSPS) is 14.8. The summed E-state index contributed by atoms with van der Waals surface area (Å²) in [6.07, 6.45) is 3.33. The van der Waals surface area contributed by atoms with Gasteiger partial charge in [0.15, 0.2) is 5.65 Å². The van der Waals surface area contributed by atoms with Gasteiger partial charge in [0.2, 0.25) is 5.95 Å². The molecule has 8 heteroatoms. The number of nitrogens with zero attached hydrogens (tertiary/aromatic N) is 6. The van der Waals surface area contributed by atoms with Crippen LogP contribution in [0.25, 0.3) is 16.7 Å². The van der Waals surface area contributed by atoms with Crippen LogP contribution in [0.15, 0.2) is 72.2 Å². The van der Waals surface area contributed by atoms with Crippen molar-refractivity contribution in [1.29, 1.82) is 0 Å². The Morgan fingerprint density at radius 1 is 1.03 bits per heavy atom. The highest BCUT2D eigenvalue weighted by molar-refractivity contribution is 5.77. The van der Waals surface area contributed by atoms with Crippen LogP contribution < -0.4 is 15.8 Å². The summed E-state index contributed by atoms with van der Waals surface area (Å²) in [7, 11) is 2.16. The molecule has 0 radical (unpaired) electrons. The molecule has 2 aromatic heterocycles. The number of nitrogens with one attached hydrogen (secondary N) is 1. The first-order chi connectivity index (χ1) is 17.7. The number of fused-ring (bicyclic) bond motifs is 1. The molecule has 0 atom stereocenters. The van der Waals surface area contributed by atoms with Crippen LogP contribution in [-0.4, -0.2) is 57.5 Å². The molecule has 5 rings (SSSR count). The average Bonchev–Trinajstić information content (AvgIpc) is 3.15. The molecule has 1 saturated heterocycles. The maximum atomic E-state index is 13.3. The lowest BCUT2D eigenvalue weighted by Crippen LogP contribution is -2.44. The predicted molar refractivity (Wildman–Crippen MR) is 151 cm³/mol. The number of aromatic nitrogens is 4. The summed E-state index contributed by atoms with van der Waals surface area (Å²) in [6.45, 7) is 14.9. The molecule has 1 aliphatic heterocycles. The molecule has 1 N–H and O–H groups in total. The van der Waals surface area contributed by atoms with Gasteiger partial charge in [0.25, 0.3) is 5.56 Å². The average molecular weight is 498 g/mol. The summed E-state index contributed by atoms with van der Waals surface area (Å²) in [5.74, 6) is 0.441. The van der Waals surface area contributed by atoms with Gasteiger partial charge >= 0.3 is 0 Å². The Bertz CT molecular complexity index is 1470. The topological polar surface area (TPSA) is 71.2 Å². The standard InChI is InChI=1S/C29H35N7O/c1-6-14-35-27(37)25-20-30-28(31-22-10-12-23(13-11-22)34-17-15-33(5)16-18-34)32-26(25)36(35)24-9-7-8-21(19-24)29(2,3)4/h6-13,19-20H,1,14-18H2,2-5H3,(H,30,31,32). The van der Waals surface area contributed by atoms with Crippen LogP contribution in [0.2, 0.25) is 0 Å². The third-order valence-electron chi connectivity index (χ3n) is 6.93. The van der Waals surface area contributed by atoms with Crippen LogP contribution in [0.4, 0.5) is 17.3 Å². The highest BCUT2D eigenvalue weighted by Gasteiger charge is 2.20. The van der Waals surface area contributed by atoms with E-state index < -0.39 is 0 Å². The minimum atomic E-state index is -0.140. The van der Waals surface area contributed by atoms with Crippen LogP contribution in [-0.2, 0) is 12.0 Å². The van der Waals surface area contributed by atoms with Gasteiger partial charge in [-0.15, -0.1) is 6.58 Å². The van der Waals surface area contributed by atoms with Crippen molar-refractivity contribution in [2.24, 2.45) is 0 Å². The third kappa shape index (κ3) is 5.02. The Labute approximate surface area is 217 Å². The lowest BCUT2D eigenvalue weighted by atomic mass is 9.87. The smallest absolute Gasteiger partial charge is 0.278 e. The van der Waals surface area contributed by atoms with Crippen LogP contribution in [0, 0.1) is 0 Å². The van der Waals surface area contributed by atoms with Gasteiger partial charge in [-0.1, -0.05) is 39.0 Å². The summed E-state index contributed by atoms with van der Waals surface area (Å²) in [5, 5.41) is 3.79. The minimum Gasteiger partial charge on any atom is -0.369 e. The van der Waals surface area contributed by atoms with Crippen molar-refractivity contribution >= 4 is 28.4 Å². The fraction of sp³-hybridized carbons (Fsp3) is 0.345. The maximum absolute atomic E-state index is 13.3. The van der Waals surface area contributed by atoms with Crippen LogP contribution in [0.5, 0.6) is 0 Å². The van der Waals surface area contributed by atoms with E-state index in [4.69, 9.17) is 4.98 Å². The second-order valence-electron chi connectivity index (χ2n) is 10.7. The number of hydrogen-bond donors (Lipinski definition) is 1. The van der Waals surface area contributed by atoms with Crippen molar-refractivity contribution in [1.82, 2.24) is 24.2 Å². The fourth-order valence-corrected chi connectivity index (χ4v) is 4.69. The molecular weight excluding hydrogens is 462 g/mol. The first-order valence-corrected chi connectivity index (χ1v) is 12.8. The van der Waals surface area contributed by atoms with Crippen molar-refractivity contribution in [3.63, 3.8) is 0 Å². The number of rotatable bonds is 6. The number of benzene rings is 2. The highest BCUT2D eigenvalue weighted by Crippen LogP contribution is 2.26. The summed E-state index contributed by atoms with van der Waals surface area (Å²) >= 11 is 0. The van der Waals surface area contributed by atoms with Crippen molar-refractivity contribution in [3.8, 4) is 5.69 Å². The molecule has 4 aromatic rings.